The fourth-order valence-electron chi connectivity index (χ4n) is 2.95. The van der Waals surface area contributed by atoms with Gasteiger partial charge in [-0.1, -0.05) is 0 Å². The van der Waals surface area contributed by atoms with Gasteiger partial charge in [0.2, 0.25) is 0 Å². The van der Waals surface area contributed by atoms with Crippen molar-refractivity contribution < 1.29 is 9.53 Å². The molecule has 4 nitrogen and oxygen atoms in total. The number of carbonyl (C=O) groups excluding carboxylic acids is 1. The summed E-state index contributed by atoms with van der Waals surface area (Å²) < 4.78 is 5.42. The van der Waals surface area contributed by atoms with Crippen molar-refractivity contribution in [2.24, 2.45) is 0 Å². The first-order valence-corrected chi connectivity index (χ1v) is 7.15. The Hall–Kier alpha value is -1.39. The minimum absolute atomic E-state index is 0.592. The largest absolute Gasteiger partial charge is 0.496 e. The molecule has 1 atom stereocenters. The molecule has 1 heterocycles. The van der Waals surface area contributed by atoms with Gasteiger partial charge in [0.05, 0.1) is 7.11 Å². The molecule has 1 unspecified atom stereocenters. The standard InChI is InChI=1S/C16H24N2O2/c1-17(2)11-15-5-4-8-18(15)10-14-9-13(12-19)6-7-16(14)20-3/h6-7,9,12,15H,4-5,8,10-11H2,1-3H3. The van der Waals surface area contributed by atoms with E-state index in [0.717, 1.165) is 37.2 Å². The van der Waals surface area contributed by atoms with Gasteiger partial charge in [-0.3, -0.25) is 9.69 Å². The van der Waals surface area contributed by atoms with Gasteiger partial charge in [0, 0.05) is 30.3 Å². The second-order valence-corrected chi connectivity index (χ2v) is 5.72. The van der Waals surface area contributed by atoms with Crippen molar-refractivity contribution in [3.63, 3.8) is 0 Å². The first-order chi connectivity index (χ1) is 9.63. The quantitative estimate of drug-likeness (QED) is 0.744. The Balaban J connectivity index is 2.13. The highest BCUT2D eigenvalue weighted by Crippen LogP contribution is 2.26. The molecule has 1 aromatic rings. The molecular weight excluding hydrogens is 252 g/mol. The maximum atomic E-state index is 10.9. The molecule has 0 saturated carbocycles. The minimum atomic E-state index is 0.592. The van der Waals surface area contributed by atoms with E-state index in [0.29, 0.717) is 11.6 Å². The topological polar surface area (TPSA) is 32.8 Å². The van der Waals surface area contributed by atoms with Gasteiger partial charge in [0.25, 0.3) is 0 Å². The molecule has 1 fully saturated rings. The Morgan fingerprint density at radius 1 is 1.45 bits per heavy atom. The molecule has 1 aliphatic rings. The van der Waals surface area contributed by atoms with Crippen LogP contribution in [-0.2, 0) is 6.54 Å². The molecule has 2 rings (SSSR count). The van der Waals surface area contributed by atoms with Crippen molar-refractivity contribution in [2.75, 3.05) is 34.3 Å². The van der Waals surface area contributed by atoms with E-state index in [1.165, 1.54) is 12.8 Å². The number of benzene rings is 1. The van der Waals surface area contributed by atoms with Crippen LogP contribution in [0.4, 0.5) is 0 Å². The number of rotatable bonds is 6. The summed E-state index contributed by atoms with van der Waals surface area (Å²) in [6.45, 7) is 3.05. The molecule has 0 bridgehead atoms. The Morgan fingerprint density at radius 2 is 2.25 bits per heavy atom. The van der Waals surface area contributed by atoms with Crippen molar-refractivity contribution in [2.45, 2.75) is 25.4 Å². The first-order valence-electron chi connectivity index (χ1n) is 7.15. The van der Waals surface area contributed by atoms with E-state index < -0.39 is 0 Å². The number of likely N-dealkylation sites (N-methyl/N-ethyl adjacent to an activating group) is 1. The van der Waals surface area contributed by atoms with Crippen LogP contribution in [-0.4, -0.2) is 56.4 Å². The van der Waals surface area contributed by atoms with E-state index in [1.807, 2.05) is 12.1 Å². The van der Waals surface area contributed by atoms with Crippen molar-refractivity contribution in [3.8, 4) is 5.75 Å². The fraction of sp³-hybridized carbons (Fsp3) is 0.562. The smallest absolute Gasteiger partial charge is 0.150 e. The highest BCUT2D eigenvalue weighted by molar-refractivity contribution is 5.75. The van der Waals surface area contributed by atoms with E-state index in [4.69, 9.17) is 4.74 Å². The van der Waals surface area contributed by atoms with Crippen molar-refractivity contribution in [1.82, 2.24) is 9.80 Å². The molecule has 0 aliphatic carbocycles. The van der Waals surface area contributed by atoms with Gasteiger partial charge in [-0.15, -0.1) is 0 Å². The van der Waals surface area contributed by atoms with Crippen LogP contribution in [0.3, 0.4) is 0 Å². The summed E-state index contributed by atoms with van der Waals surface area (Å²) in [5.74, 6) is 0.867. The van der Waals surface area contributed by atoms with Crippen LogP contribution in [0.25, 0.3) is 0 Å². The maximum absolute atomic E-state index is 10.9. The molecule has 4 heteroatoms. The van der Waals surface area contributed by atoms with Crippen LogP contribution < -0.4 is 4.74 Å². The molecule has 0 amide bonds. The monoisotopic (exact) mass is 276 g/mol. The molecule has 110 valence electrons. The summed E-state index contributed by atoms with van der Waals surface area (Å²) in [7, 11) is 5.91. The van der Waals surface area contributed by atoms with E-state index in [1.54, 1.807) is 13.2 Å². The number of likely N-dealkylation sites (tertiary alicyclic amines) is 1. The molecule has 0 aromatic heterocycles. The van der Waals surface area contributed by atoms with E-state index in [2.05, 4.69) is 23.9 Å². The summed E-state index contributed by atoms with van der Waals surface area (Å²) in [6.07, 6.45) is 3.38. The summed E-state index contributed by atoms with van der Waals surface area (Å²) in [4.78, 5) is 15.7. The SMILES string of the molecule is COc1ccc(C=O)cc1CN1CCCC1CN(C)C. The van der Waals surface area contributed by atoms with Gasteiger partial charge in [-0.2, -0.15) is 0 Å². The molecule has 0 spiro atoms. The van der Waals surface area contributed by atoms with Crippen LogP contribution >= 0.6 is 0 Å². The van der Waals surface area contributed by atoms with Crippen molar-refractivity contribution in [1.29, 1.82) is 0 Å². The van der Waals surface area contributed by atoms with Crippen LogP contribution in [0.2, 0.25) is 0 Å². The third-order valence-corrected chi connectivity index (χ3v) is 3.89. The number of nitrogens with zero attached hydrogens (tertiary/aromatic N) is 2. The molecule has 1 aliphatic heterocycles. The number of methoxy groups -OCH3 is 1. The van der Waals surface area contributed by atoms with E-state index >= 15 is 0 Å². The van der Waals surface area contributed by atoms with Gasteiger partial charge >= 0.3 is 0 Å². The molecular formula is C16H24N2O2. The lowest BCUT2D eigenvalue weighted by Gasteiger charge is -2.27. The number of ether oxygens (including phenoxy) is 1. The second-order valence-electron chi connectivity index (χ2n) is 5.72. The zero-order valence-corrected chi connectivity index (χ0v) is 12.6. The van der Waals surface area contributed by atoms with Gasteiger partial charge in [0.1, 0.15) is 12.0 Å². The Labute approximate surface area is 121 Å². The van der Waals surface area contributed by atoms with Crippen LogP contribution in [0.5, 0.6) is 5.75 Å². The summed E-state index contributed by atoms with van der Waals surface area (Å²) in [6, 6.07) is 6.22. The lowest BCUT2D eigenvalue weighted by molar-refractivity contribution is 0.112. The fourth-order valence-corrected chi connectivity index (χ4v) is 2.95. The van der Waals surface area contributed by atoms with E-state index in [-0.39, 0.29) is 0 Å². The highest BCUT2D eigenvalue weighted by Gasteiger charge is 2.25. The van der Waals surface area contributed by atoms with Crippen LogP contribution in [0.1, 0.15) is 28.8 Å². The lowest BCUT2D eigenvalue weighted by Crippen LogP contribution is -2.37. The maximum Gasteiger partial charge on any atom is 0.150 e. The number of carbonyl (C=O) groups is 1. The Bertz CT molecular complexity index is 460. The molecule has 0 radical (unpaired) electrons. The predicted molar refractivity (Wildman–Crippen MR) is 80.4 cm³/mol. The number of aldehydes is 1. The van der Waals surface area contributed by atoms with Crippen LogP contribution in [0.15, 0.2) is 18.2 Å². The van der Waals surface area contributed by atoms with E-state index in [9.17, 15) is 4.79 Å². The zero-order chi connectivity index (χ0) is 14.5. The minimum Gasteiger partial charge on any atom is -0.496 e. The average Bonchev–Trinajstić information content (AvgIpc) is 2.85. The molecule has 20 heavy (non-hydrogen) atoms. The summed E-state index contributed by atoms with van der Waals surface area (Å²) in [5.41, 5.74) is 1.81. The number of hydrogen-bond acceptors (Lipinski definition) is 4. The Morgan fingerprint density at radius 3 is 2.90 bits per heavy atom. The number of hydrogen-bond donors (Lipinski definition) is 0. The second kappa shape index (κ2) is 6.86. The highest BCUT2D eigenvalue weighted by atomic mass is 16.5. The molecule has 1 aromatic carbocycles. The molecule has 1 saturated heterocycles. The van der Waals surface area contributed by atoms with Gasteiger partial charge in [0.15, 0.2) is 0 Å². The van der Waals surface area contributed by atoms with Gasteiger partial charge < -0.3 is 9.64 Å². The summed E-state index contributed by atoms with van der Waals surface area (Å²) in [5, 5.41) is 0. The zero-order valence-electron chi connectivity index (χ0n) is 12.6. The van der Waals surface area contributed by atoms with Crippen molar-refractivity contribution in [3.05, 3.63) is 29.3 Å². The summed E-state index contributed by atoms with van der Waals surface area (Å²) >= 11 is 0. The average molecular weight is 276 g/mol. The van der Waals surface area contributed by atoms with Gasteiger partial charge in [-0.05, 0) is 51.7 Å². The third-order valence-electron chi connectivity index (χ3n) is 3.89. The predicted octanol–water partition coefficient (Wildman–Crippen LogP) is 2.03. The van der Waals surface area contributed by atoms with Gasteiger partial charge in [-0.25, -0.2) is 0 Å². The lowest BCUT2D eigenvalue weighted by atomic mass is 10.1. The van der Waals surface area contributed by atoms with Crippen LogP contribution in [0, 0.1) is 0 Å². The van der Waals surface area contributed by atoms with Crippen molar-refractivity contribution >= 4 is 6.29 Å². The molecule has 0 N–H and O–H groups in total. The third kappa shape index (κ3) is 3.58. The Kier molecular flexibility index (Phi) is 5.15. The normalized spacial score (nSPS) is 19.5. The first kappa shape index (κ1) is 15.0.